The summed E-state index contributed by atoms with van der Waals surface area (Å²) in [5.41, 5.74) is 1.85. The molecule has 2 aromatic carbocycles. The highest BCUT2D eigenvalue weighted by Gasteiger charge is 2.20. The summed E-state index contributed by atoms with van der Waals surface area (Å²) in [6.07, 6.45) is 1.04. The Labute approximate surface area is 137 Å². The van der Waals surface area contributed by atoms with Crippen molar-refractivity contribution in [3.63, 3.8) is 0 Å². The smallest absolute Gasteiger partial charge is 0.224 e. The Morgan fingerprint density at radius 2 is 1.52 bits per heavy atom. The van der Waals surface area contributed by atoms with Gasteiger partial charge in [-0.1, -0.05) is 30.3 Å². The van der Waals surface area contributed by atoms with Crippen LogP contribution in [0.15, 0.2) is 58.3 Å². The zero-order valence-corrected chi connectivity index (χ0v) is 14.8. The van der Waals surface area contributed by atoms with E-state index in [0.717, 1.165) is 17.4 Å². The minimum absolute atomic E-state index is 0.0241. The first-order valence-corrected chi connectivity index (χ1v) is 10.4. The van der Waals surface area contributed by atoms with Crippen LogP contribution < -0.4 is 4.72 Å². The number of nitrogens with one attached hydrogen (secondary N) is 1. The van der Waals surface area contributed by atoms with E-state index in [1.165, 1.54) is 24.3 Å². The molecule has 0 aliphatic carbocycles. The molecule has 0 aromatic heterocycles. The number of hydrogen-bond donors (Lipinski definition) is 1. The average molecular weight is 353 g/mol. The Morgan fingerprint density at radius 3 is 2.13 bits per heavy atom. The molecule has 7 heteroatoms. The average Bonchev–Trinajstić information content (AvgIpc) is 2.46. The molecule has 1 atom stereocenters. The molecule has 0 amide bonds. The van der Waals surface area contributed by atoms with Gasteiger partial charge in [-0.3, -0.25) is 0 Å². The van der Waals surface area contributed by atoms with Gasteiger partial charge in [0.1, 0.15) is 0 Å². The summed E-state index contributed by atoms with van der Waals surface area (Å²) < 4.78 is 50.8. The third-order valence-corrected chi connectivity index (χ3v) is 6.18. The molecule has 0 aliphatic rings. The van der Waals surface area contributed by atoms with Crippen LogP contribution in [0.1, 0.15) is 24.1 Å². The maximum Gasteiger partial charge on any atom is 0.241 e. The van der Waals surface area contributed by atoms with E-state index >= 15 is 0 Å². The van der Waals surface area contributed by atoms with Gasteiger partial charge in [-0.2, -0.15) is 0 Å². The molecule has 0 fully saturated rings. The molecule has 0 saturated carbocycles. The SMILES string of the molecule is Cc1ccccc1C(C)NS(=O)(=O)c1cccc(S(C)(=O)=O)c1. The lowest BCUT2D eigenvalue weighted by molar-refractivity contribution is 0.566. The van der Waals surface area contributed by atoms with E-state index in [-0.39, 0.29) is 9.79 Å². The fourth-order valence-corrected chi connectivity index (χ4v) is 4.32. The van der Waals surface area contributed by atoms with Crippen LogP contribution in [-0.2, 0) is 19.9 Å². The van der Waals surface area contributed by atoms with Gasteiger partial charge in [-0.05, 0) is 43.2 Å². The number of benzene rings is 2. The normalized spacial score (nSPS) is 13.7. The van der Waals surface area contributed by atoms with Crippen molar-refractivity contribution in [1.29, 1.82) is 0 Å². The van der Waals surface area contributed by atoms with E-state index in [0.29, 0.717) is 0 Å². The molecule has 23 heavy (non-hydrogen) atoms. The molecule has 2 rings (SSSR count). The summed E-state index contributed by atoms with van der Waals surface area (Å²) >= 11 is 0. The molecule has 0 spiro atoms. The van der Waals surface area contributed by atoms with Gasteiger partial charge in [-0.25, -0.2) is 21.6 Å². The second-order valence-electron chi connectivity index (χ2n) is 5.45. The lowest BCUT2D eigenvalue weighted by Crippen LogP contribution is -2.27. The Morgan fingerprint density at radius 1 is 0.913 bits per heavy atom. The molecule has 5 nitrogen and oxygen atoms in total. The molecule has 2 aromatic rings. The van der Waals surface area contributed by atoms with E-state index < -0.39 is 25.9 Å². The standard InChI is InChI=1S/C16H19NO4S2/c1-12-7-4-5-10-16(12)13(2)17-23(20,21)15-9-6-8-14(11-15)22(3,18)19/h4-11,13,17H,1-3H3. The van der Waals surface area contributed by atoms with Crippen LogP contribution in [-0.4, -0.2) is 23.1 Å². The zero-order valence-electron chi connectivity index (χ0n) is 13.1. The predicted octanol–water partition coefficient (Wildman–Crippen LogP) is 2.44. The first kappa shape index (κ1) is 17.7. The molecule has 0 bridgehead atoms. The summed E-state index contributed by atoms with van der Waals surface area (Å²) in [4.78, 5) is -0.0928. The van der Waals surface area contributed by atoms with Crippen molar-refractivity contribution >= 4 is 19.9 Å². The van der Waals surface area contributed by atoms with Crippen LogP contribution in [0.3, 0.4) is 0 Å². The maximum atomic E-state index is 12.5. The Hall–Kier alpha value is -1.70. The minimum Gasteiger partial charge on any atom is -0.224 e. The molecule has 0 aliphatic heterocycles. The molecule has 124 valence electrons. The largest absolute Gasteiger partial charge is 0.241 e. The number of rotatable bonds is 5. The Bertz CT molecular complexity index is 919. The van der Waals surface area contributed by atoms with Gasteiger partial charge in [0, 0.05) is 12.3 Å². The molecule has 1 unspecified atom stereocenters. The van der Waals surface area contributed by atoms with E-state index in [2.05, 4.69) is 4.72 Å². The van der Waals surface area contributed by atoms with Crippen LogP contribution >= 0.6 is 0 Å². The third-order valence-electron chi connectivity index (χ3n) is 3.53. The van der Waals surface area contributed by atoms with Crippen LogP contribution in [0, 0.1) is 6.92 Å². The summed E-state index contributed by atoms with van der Waals surface area (Å²) in [7, 11) is -7.29. The maximum absolute atomic E-state index is 12.5. The highest BCUT2D eigenvalue weighted by Crippen LogP contribution is 2.21. The van der Waals surface area contributed by atoms with Gasteiger partial charge < -0.3 is 0 Å². The monoisotopic (exact) mass is 353 g/mol. The van der Waals surface area contributed by atoms with Gasteiger partial charge in [0.05, 0.1) is 9.79 Å². The van der Waals surface area contributed by atoms with E-state index in [9.17, 15) is 16.8 Å². The lowest BCUT2D eigenvalue weighted by atomic mass is 10.0. The van der Waals surface area contributed by atoms with Crippen molar-refractivity contribution in [3.8, 4) is 0 Å². The van der Waals surface area contributed by atoms with Gasteiger partial charge in [0.25, 0.3) is 0 Å². The summed E-state index contributed by atoms with van der Waals surface area (Å²) in [6, 6.07) is 12.4. The van der Waals surface area contributed by atoms with Crippen molar-refractivity contribution in [2.45, 2.75) is 29.7 Å². The van der Waals surface area contributed by atoms with Gasteiger partial charge in [0.15, 0.2) is 9.84 Å². The molecular formula is C16H19NO4S2. The predicted molar refractivity (Wildman–Crippen MR) is 89.5 cm³/mol. The number of sulfonamides is 1. The summed E-state index contributed by atoms with van der Waals surface area (Å²) in [5.74, 6) is 0. The number of aryl methyl sites for hydroxylation is 1. The van der Waals surface area contributed by atoms with Crippen LogP contribution in [0.2, 0.25) is 0 Å². The van der Waals surface area contributed by atoms with Crippen LogP contribution in [0.25, 0.3) is 0 Å². The van der Waals surface area contributed by atoms with Crippen molar-refractivity contribution in [2.75, 3.05) is 6.26 Å². The minimum atomic E-state index is -3.82. The Balaban J connectivity index is 2.35. The molecule has 1 N–H and O–H groups in total. The first-order chi connectivity index (χ1) is 10.6. The highest BCUT2D eigenvalue weighted by atomic mass is 32.2. The van der Waals surface area contributed by atoms with Crippen molar-refractivity contribution in [2.24, 2.45) is 0 Å². The van der Waals surface area contributed by atoms with Gasteiger partial charge in [-0.15, -0.1) is 0 Å². The molecular weight excluding hydrogens is 334 g/mol. The van der Waals surface area contributed by atoms with Gasteiger partial charge in [0.2, 0.25) is 10.0 Å². The molecule has 0 saturated heterocycles. The number of sulfone groups is 1. The fourth-order valence-electron chi connectivity index (χ4n) is 2.31. The highest BCUT2D eigenvalue weighted by molar-refractivity contribution is 7.91. The molecule has 0 radical (unpaired) electrons. The van der Waals surface area contributed by atoms with Crippen molar-refractivity contribution < 1.29 is 16.8 Å². The topological polar surface area (TPSA) is 80.3 Å². The van der Waals surface area contributed by atoms with Crippen molar-refractivity contribution in [3.05, 3.63) is 59.7 Å². The summed E-state index contributed by atoms with van der Waals surface area (Å²) in [6.45, 7) is 3.66. The number of hydrogen-bond acceptors (Lipinski definition) is 4. The lowest BCUT2D eigenvalue weighted by Gasteiger charge is -2.17. The first-order valence-electron chi connectivity index (χ1n) is 6.99. The summed E-state index contributed by atoms with van der Waals surface area (Å²) in [5, 5.41) is 0. The van der Waals surface area contributed by atoms with E-state index in [1.54, 1.807) is 6.92 Å². The van der Waals surface area contributed by atoms with E-state index in [1.807, 2.05) is 31.2 Å². The second kappa shape index (κ2) is 6.43. The third kappa shape index (κ3) is 4.19. The van der Waals surface area contributed by atoms with E-state index in [4.69, 9.17) is 0 Å². The van der Waals surface area contributed by atoms with Crippen LogP contribution in [0.5, 0.6) is 0 Å². The molecule has 0 heterocycles. The Kier molecular flexibility index (Phi) is 4.93. The fraction of sp³-hybridized carbons (Fsp3) is 0.250. The van der Waals surface area contributed by atoms with Crippen LogP contribution in [0.4, 0.5) is 0 Å². The van der Waals surface area contributed by atoms with Gasteiger partial charge >= 0.3 is 0 Å². The van der Waals surface area contributed by atoms with Crippen molar-refractivity contribution in [1.82, 2.24) is 4.72 Å². The second-order valence-corrected chi connectivity index (χ2v) is 9.18. The quantitative estimate of drug-likeness (QED) is 0.895. The zero-order chi connectivity index (χ0) is 17.3.